The molecule has 2 rings (SSSR count). The molecule has 1 heterocycles. The second-order valence-electron chi connectivity index (χ2n) is 16.8. The molecule has 322 valence electrons. The van der Waals surface area contributed by atoms with Gasteiger partial charge in [-0.05, 0) is 36.7 Å². The SMILES string of the molecule is C/C(=C\[C@H](C(C)C)N(C)C(=O)[C@@H](NC(=O)[C@@H](N)C(C)(C)c1ccccc1)C(C)(C)C)C(=O)N[C@H](CCC(=O)CCCN1C(=O)CC(SC[C@H](N)C(=O)O)C1=O)C(=O)O. The number of likely N-dealkylation sites (tertiary alicyclic amines) is 1. The summed E-state index contributed by atoms with van der Waals surface area (Å²) in [6.45, 7) is 14.4. The smallest absolute Gasteiger partial charge is 0.326 e. The van der Waals surface area contributed by atoms with Gasteiger partial charge in [0.1, 0.15) is 23.9 Å². The van der Waals surface area contributed by atoms with Crippen molar-refractivity contribution in [3.63, 3.8) is 0 Å². The van der Waals surface area contributed by atoms with E-state index in [1.807, 2.05) is 78.8 Å². The molecule has 1 aromatic carbocycles. The van der Waals surface area contributed by atoms with Gasteiger partial charge < -0.3 is 37.2 Å². The van der Waals surface area contributed by atoms with Gasteiger partial charge in [0.2, 0.25) is 29.5 Å². The van der Waals surface area contributed by atoms with E-state index in [1.54, 1.807) is 13.1 Å². The summed E-state index contributed by atoms with van der Waals surface area (Å²) in [6.07, 6.45) is 1.18. The van der Waals surface area contributed by atoms with Crippen LogP contribution in [-0.2, 0) is 43.8 Å². The zero-order valence-electron chi connectivity index (χ0n) is 35.1. The van der Waals surface area contributed by atoms with E-state index in [1.165, 1.54) is 11.8 Å². The average molecular weight is 831 g/mol. The Kier molecular flexibility index (Phi) is 18.3. The lowest BCUT2D eigenvalue weighted by atomic mass is 9.77. The van der Waals surface area contributed by atoms with Crippen LogP contribution in [0.15, 0.2) is 42.0 Å². The van der Waals surface area contributed by atoms with Crippen LogP contribution in [0, 0.1) is 11.3 Å². The van der Waals surface area contributed by atoms with Gasteiger partial charge in [-0.1, -0.05) is 84.9 Å². The molecule has 5 amide bonds. The lowest BCUT2D eigenvalue weighted by Crippen LogP contribution is -2.61. The third kappa shape index (κ3) is 13.8. The lowest BCUT2D eigenvalue weighted by Gasteiger charge is -2.39. The minimum Gasteiger partial charge on any atom is -0.480 e. The Balaban J connectivity index is 2.04. The highest BCUT2D eigenvalue weighted by Crippen LogP contribution is 2.29. The van der Waals surface area contributed by atoms with E-state index in [9.17, 15) is 43.5 Å². The predicted molar refractivity (Wildman–Crippen MR) is 220 cm³/mol. The van der Waals surface area contributed by atoms with Crippen LogP contribution >= 0.6 is 11.8 Å². The van der Waals surface area contributed by atoms with Crippen molar-refractivity contribution in [1.82, 2.24) is 20.4 Å². The first-order valence-electron chi connectivity index (χ1n) is 19.4. The molecule has 1 saturated heterocycles. The largest absolute Gasteiger partial charge is 0.480 e. The van der Waals surface area contributed by atoms with E-state index in [4.69, 9.17) is 16.6 Å². The number of aliphatic carboxylic acids is 2. The number of hydrogen-bond acceptors (Lipinski definition) is 11. The van der Waals surface area contributed by atoms with Crippen LogP contribution in [0.25, 0.3) is 0 Å². The second-order valence-corrected chi connectivity index (χ2v) is 18.0. The number of nitrogens with zero attached hydrogens (tertiary/aromatic N) is 2. The Hall–Kier alpha value is -4.61. The average Bonchev–Trinajstić information content (AvgIpc) is 3.42. The molecular weight excluding hydrogens is 769 g/mol. The van der Waals surface area contributed by atoms with E-state index >= 15 is 0 Å². The molecule has 1 unspecified atom stereocenters. The number of ketones is 1. The molecule has 1 aliphatic rings. The highest BCUT2D eigenvalue weighted by Gasteiger charge is 2.41. The van der Waals surface area contributed by atoms with Gasteiger partial charge in [-0.15, -0.1) is 11.8 Å². The van der Waals surface area contributed by atoms with Gasteiger partial charge in [0.15, 0.2) is 0 Å². The molecule has 1 aliphatic heterocycles. The number of nitrogens with one attached hydrogen (secondary N) is 2. The van der Waals surface area contributed by atoms with Crippen LogP contribution < -0.4 is 22.1 Å². The third-order valence-electron chi connectivity index (χ3n) is 10.4. The van der Waals surface area contributed by atoms with E-state index in [2.05, 4.69) is 10.6 Å². The van der Waals surface area contributed by atoms with Crippen molar-refractivity contribution in [1.29, 1.82) is 0 Å². The molecule has 0 saturated carbocycles. The summed E-state index contributed by atoms with van der Waals surface area (Å²) in [6, 6.07) is 4.20. The number of benzene rings is 1. The summed E-state index contributed by atoms with van der Waals surface area (Å²) in [5, 5.41) is 23.4. The molecule has 1 aromatic rings. The monoisotopic (exact) mass is 830 g/mol. The minimum absolute atomic E-state index is 0.0225. The maximum absolute atomic E-state index is 14.1. The summed E-state index contributed by atoms with van der Waals surface area (Å²) < 4.78 is 0. The first-order chi connectivity index (χ1) is 26.8. The number of amides is 5. The van der Waals surface area contributed by atoms with Crippen LogP contribution in [0.5, 0.6) is 0 Å². The fourth-order valence-electron chi connectivity index (χ4n) is 6.39. The number of imide groups is 1. The molecule has 0 aromatic heterocycles. The first-order valence-corrected chi connectivity index (χ1v) is 20.4. The van der Waals surface area contributed by atoms with Gasteiger partial charge in [0.25, 0.3) is 0 Å². The normalized spacial score (nSPS) is 17.6. The fraction of sp³-hybridized carbons (Fsp3) is 0.610. The van der Waals surface area contributed by atoms with Crippen molar-refractivity contribution in [3.8, 4) is 0 Å². The zero-order valence-corrected chi connectivity index (χ0v) is 35.9. The summed E-state index contributed by atoms with van der Waals surface area (Å²) in [7, 11) is 1.57. The molecule has 0 aliphatic carbocycles. The van der Waals surface area contributed by atoms with Crippen molar-refractivity contribution in [2.75, 3.05) is 19.3 Å². The second kappa shape index (κ2) is 21.4. The molecule has 17 heteroatoms. The maximum Gasteiger partial charge on any atom is 0.326 e. The first kappa shape index (κ1) is 49.5. The Labute approximate surface area is 345 Å². The Morgan fingerprint density at radius 2 is 1.57 bits per heavy atom. The number of carbonyl (C=O) groups excluding carboxylic acids is 6. The predicted octanol–water partition coefficient (Wildman–Crippen LogP) is 2.22. The molecule has 1 fully saturated rings. The van der Waals surface area contributed by atoms with E-state index in [-0.39, 0.29) is 61.7 Å². The Morgan fingerprint density at radius 3 is 2.10 bits per heavy atom. The number of carbonyl (C=O) groups is 8. The number of hydrogen-bond donors (Lipinski definition) is 6. The number of carboxylic acids is 2. The number of rotatable bonds is 22. The van der Waals surface area contributed by atoms with Crippen molar-refractivity contribution < 1.29 is 48.6 Å². The molecule has 8 N–H and O–H groups in total. The van der Waals surface area contributed by atoms with Crippen LogP contribution in [0.2, 0.25) is 0 Å². The zero-order chi connectivity index (χ0) is 44.3. The van der Waals surface area contributed by atoms with Gasteiger partial charge in [0, 0.05) is 49.6 Å². The van der Waals surface area contributed by atoms with Crippen LogP contribution in [0.3, 0.4) is 0 Å². The van der Waals surface area contributed by atoms with Gasteiger partial charge in [-0.2, -0.15) is 0 Å². The van der Waals surface area contributed by atoms with Crippen LogP contribution in [0.4, 0.5) is 0 Å². The number of likely N-dealkylation sites (N-methyl/N-ethyl adjacent to an activating group) is 1. The molecule has 0 radical (unpaired) electrons. The fourth-order valence-corrected chi connectivity index (χ4v) is 7.51. The summed E-state index contributed by atoms with van der Waals surface area (Å²) in [4.78, 5) is 104. The summed E-state index contributed by atoms with van der Waals surface area (Å²) in [5.74, 6) is -5.65. The lowest BCUT2D eigenvalue weighted by molar-refractivity contribution is -0.142. The minimum atomic E-state index is -1.40. The van der Waals surface area contributed by atoms with Gasteiger partial charge in [0.05, 0.1) is 17.3 Å². The van der Waals surface area contributed by atoms with Crippen molar-refractivity contribution in [2.24, 2.45) is 22.8 Å². The van der Waals surface area contributed by atoms with Crippen molar-refractivity contribution in [2.45, 2.75) is 128 Å². The molecule has 16 nitrogen and oxygen atoms in total. The van der Waals surface area contributed by atoms with E-state index in [0.717, 1.165) is 22.2 Å². The topological polar surface area (TPSA) is 260 Å². The Bertz CT molecular complexity index is 1710. The molecule has 0 spiro atoms. The number of carboxylic acid groups (broad SMARTS) is 2. The summed E-state index contributed by atoms with van der Waals surface area (Å²) >= 11 is 0.994. The van der Waals surface area contributed by atoms with Gasteiger partial charge in [-0.25, -0.2) is 4.79 Å². The van der Waals surface area contributed by atoms with E-state index in [0.29, 0.717) is 0 Å². The third-order valence-corrected chi connectivity index (χ3v) is 11.7. The molecule has 58 heavy (non-hydrogen) atoms. The Morgan fingerprint density at radius 1 is 0.966 bits per heavy atom. The van der Waals surface area contributed by atoms with E-state index < -0.39 is 87.8 Å². The van der Waals surface area contributed by atoms with Crippen molar-refractivity contribution >= 4 is 59.0 Å². The van der Waals surface area contributed by atoms with Crippen molar-refractivity contribution in [3.05, 3.63) is 47.5 Å². The number of thioether (sulfide) groups is 1. The highest BCUT2D eigenvalue weighted by molar-refractivity contribution is 8.00. The van der Waals surface area contributed by atoms with Gasteiger partial charge in [-0.3, -0.25) is 38.5 Å². The summed E-state index contributed by atoms with van der Waals surface area (Å²) in [5.41, 5.74) is 11.5. The molecule has 0 bridgehead atoms. The number of Topliss-reactive ketones (excluding diaryl/α,β-unsaturated/α-hetero) is 1. The van der Waals surface area contributed by atoms with Gasteiger partial charge >= 0.3 is 11.9 Å². The van der Waals surface area contributed by atoms with Crippen LogP contribution in [-0.4, -0.2) is 122 Å². The van der Waals surface area contributed by atoms with Crippen LogP contribution in [0.1, 0.15) is 93.1 Å². The highest BCUT2D eigenvalue weighted by atomic mass is 32.2. The molecule has 6 atom stereocenters. The molecular formula is C41H62N6O10S. The number of nitrogens with two attached hydrogens (primary N) is 2. The maximum atomic E-state index is 14.1. The standard InChI is InChI=1S/C41H62N6O10S/c1-23(2)29(46(9)37(53)33(40(4,5)6)45-35(51)32(43)41(7,8)25-14-11-10-12-15-25)20-24(3)34(50)44-28(39(56)57)18-17-26(48)16-13-19-47-31(49)21-30(36(47)52)58-22-27(42)38(54)55/h10-12,14-15,20,23,27-30,32-33H,13,16-19,21-22,42-43H2,1-9H3,(H,44,50)(H,45,51)(H,54,55)(H,56,57)/b24-20+/t27-,28+,29+,30?,32+,33+/m0/s1. The quantitative estimate of drug-likeness (QED) is 0.0725.